The molecule has 0 aliphatic heterocycles. The maximum absolute atomic E-state index is 5.83. The van der Waals surface area contributed by atoms with Crippen molar-refractivity contribution in [2.75, 3.05) is 0 Å². The quantitative estimate of drug-likeness (QED) is 0.461. The Balaban J connectivity index is 1.40. The molecule has 0 spiro atoms. The molecule has 0 amide bonds. The minimum Gasteiger partial charge on any atom is -0.487 e. The fraction of sp³-hybridized carbons (Fsp3) is 0.0909. The Bertz CT molecular complexity index is 997. The second-order valence-electron chi connectivity index (χ2n) is 5.92. The van der Waals surface area contributed by atoms with Gasteiger partial charge < -0.3 is 13.9 Å². The summed E-state index contributed by atoms with van der Waals surface area (Å²) in [7, 11) is 0. The second-order valence-corrected chi connectivity index (χ2v) is 5.92. The van der Waals surface area contributed by atoms with Crippen molar-refractivity contribution in [3.63, 3.8) is 0 Å². The summed E-state index contributed by atoms with van der Waals surface area (Å²) in [6.45, 7) is 2.23. The van der Waals surface area contributed by atoms with Crippen molar-refractivity contribution in [3.8, 4) is 28.8 Å². The van der Waals surface area contributed by atoms with Gasteiger partial charge in [-0.05, 0) is 49.4 Å². The lowest BCUT2D eigenvalue weighted by atomic mass is 10.2. The van der Waals surface area contributed by atoms with Crippen LogP contribution in [0, 0.1) is 6.92 Å². The molecule has 0 atom stereocenters. The van der Waals surface area contributed by atoms with Crippen LogP contribution in [0.1, 0.15) is 11.5 Å². The zero-order chi connectivity index (χ0) is 18.5. The molecule has 0 unspecified atom stereocenters. The molecule has 2 aromatic carbocycles. The molecule has 0 saturated carbocycles. The molecule has 0 bridgehead atoms. The molecule has 0 saturated heterocycles. The van der Waals surface area contributed by atoms with E-state index in [4.69, 9.17) is 13.9 Å². The molecule has 5 heteroatoms. The van der Waals surface area contributed by atoms with Gasteiger partial charge in [0, 0.05) is 17.8 Å². The number of hydrogen-bond acceptors (Lipinski definition) is 5. The van der Waals surface area contributed by atoms with Crippen LogP contribution in [0.5, 0.6) is 17.4 Å². The molecular formula is C22H18N2O3. The summed E-state index contributed by atoms with van der Waals surface area (Å²) in [6.07, 6.45) is 1.69. The van der Waals surface area contributed by atoms with E-state index in [1.54, 1.807) is 6.20 Å². The van der Waals surface area contributed by atoms with E-state index in [2.05, 4.69) is 9.97 Å². The predicted octanol–water partition coefficient (Wildman–Crippen LogP) is 5.42. The van der Waals surface area contributed by atoms with Crippen LogP contribution in [-0.2, 0) is 6.61 Å². The molecule has 2 aromatic heterocycles. The highest BCUT2D eigenvalue weighted by molar-refractivity contribution is 5.53. The Morgan fingerprint density at radius 1 is 0.852 bits per heavy atom. The monoisotopic (exact) mass is 358 g/mol. The number of aromatic nitrogens is 2. The van der Waals surface area contributed by atoms with Gasteiger partial charge in [-0.15, -0.1) is 0 Å². The SMILES string of the molecule is Cc1oc(-c2ccccc2)nc1COc1ccc(Oc2ccccn2)cc1. The van der Waals surface area contributed by atoms with Gasteiger partial charge in [0.15, 0.2) is 0 Å². The fourth-order valence-electron chi connectivity index (χ4n) is 2.55. The van der Waals surface area contributed by atoms with Crippen LogP contribution < -0.4 is 9.47 Å². The van der Waals surface area contributed by atoms with Crippen LogP contribution in [0.4, 0.5) is 0 Å². The lowest BCUT2D eigenvalue weighted by Crippen LogP contribution is -1.97. The molecule has 0 radical (unpaired) electrons. The molecular weight excluding hydrogens is 340 g/mol. The van der Waals surface area contributed by atoms with Crippen molar-refractivity contribution in [1.82, 2.24) is 9.97 Å². The normalized spacial score (nSPS) is 10.6. The van der Waals surface area contributed by atoms with Crippen LogP contribution in [-0.4, -0.2) is 9.97 Å². The van der Waals surface area contributed by atoms with Gasteiger partial charge in [-0.1, -0.05) is 24.3 Å². The van der Waals surface area contributed by atoms with Gasteiger partial charge in [0.25, 0.3) is 0 Å². The topological polar surface area (TPSA) is 57.4 Å². The average Bonchev–Trinajstić information content (AvgIpc) is 3.10. The maximum atomic E-state index is 5.83. The van der Waals surface area contributed by atoms with E-state index < -0.39 is 0 Å². The van der Waals surface area contributed by atoms with E-state index in [0.29, 0.717) is 24.1 Å². The summed E-state index contributed by atoms with van der Waals surface area (Å²) in [5.74, 6) is 3.34. The van der Waals surface area contributed by atoms with Crippen LogP contribution >= 0.6 is 0 Å². The van der Waals surface area contributed by atoms with Crippen LogP contribution in [0.15, 0.2) is 83.4 Å². The van der Waals surface area contributed by atoms with Crippen LogP contribution in [0.2, 0.25) is 0 Å². The van der Waals surface area contributed by atoms with E-state index in [1.807, 2.05) is 79.7 Å². The smallest absolute Gasteiger partial charge is 0.226 e. The van der Waals surface area contributed by atoms with Gasteiger partial charge in [0.05, 0.1) is 0 Å². The lowest BCUT2D eigenvalue weighted by molar-refractivity contribution is 0.299. The van der Waals surface area contributed by atoms with Gasteiger partial charge in [-0.2, -0.15) is 0 Å². The van der Waals surface area contributed by atoms with E-state index in [0.717, 1.165) is 22.8 Å². The highest BCUT2D eigenvalue weighted by Gasteiger charge is 2.12. The first kappa shape index (κ1) is 16.8. The predicted molar refractivity (Wildman–Crippen MR) is 102 cm³/mol. The van der Waals surface area contributed by atoms with Gasteiger partial charge in [0.2, 0.25) is 11.8 Å². The summed E-state index contributed by atoms with van der Waals surface area (Å²) >= 11 is 0. The molecule has 5 nitrogen and oxygen atoms in total. The summed E-state index contributed by atoms with van der Waals surface area (Å²) < 4.78 is 17.3. The van der Waals surface area contributed by atoms with E-state index >= 15 is 0 Å². The van der Waals surface area contributed by atoms with Gasteiger partial charge >= 0.3 is 0 Å². The molecule has 27 heavy (non-hydrogen) atoms. The molecule has 4 aromatic rings. The Kier molecular flexibility index (Phi) is 4.83. The Labute approximate surface area is 157 Å². The van der Waals surface area contributed by atoms with Crippen LogP contribution in [0.3, 0.4) is 0 Å². The summed E-state index contributed by atoms with van der Waals surface area (Å²) in [6, 6.07) is 22.7. The Morgan fingerprint density at radius 3 is 2.33 bits per heavy atom. The zero-order valence-electron chi connectivity index (χ0n) is 14.8. The van der Waals surface area contributed by atoms with E-state index in [-0.39, 0.29) is 0 Å². The molecule has 0 fully saturated rings. The van der Waals surface area contributed by atoms with Crippen molar-refractivity contribution in [3.05, 3.63) is 90.4 Å². The molecule has 134 valence electrons. The van der Waals surface area contributed by atoms with E-state index in [1.165, 1.54) is 0 Å². The highest BCUT2D eigenvalue weighted by Crippen LogP contribution is 2.25. The maximum Gasteiger partial charge on any atom is 0.226 e. The third kappa shape index (κ3) is 4.15. The Hall–Kier alpha value is -3.60. The molecule has 0 aliphatic rings. The standard InChI is InChI=1S/C22H18N2O3/c1-16-20(24-22(26-16)17-7-3-2-4-8-17)15-25-18-10-12-19(13-11-18)27-21-9-5-6-14-23-21/h2-14H,15H2,1H3. The van der Waals surface area contributed by atoms with E-state index in [9.17, 15) is 0 Å². The molecule has 4 rings (SSSR count). The van der Waals surface area contributed by atoms with Crippen molar-refractivity contribution < 1.29 is 13.9 Å². The first-order valence-electron chi connectivity index (χ1n) is 8.61. The summed E-state index contributed by atoms with van der Waals surface area (Å²) in [4.78, 5) is 8.68. The lowest BCUT2D eigenvalue weighted by Gasteiger charge is -2.07. The number of oxazole rings is 1. The highest BCUT2D eigenvalue weighted by atomic mass is 16.5. The van der Waals surface area contributed by atoms with Crippen molar-refractivity contribution in [2.24, 2.45) is 0 Å². The fourth-order valence-corrected chi connectivity index (χ4v) is 2.55. The van der Waals surface area contributed by atoms with Crippen molar-refractivity contribution in [1.29, 1.82) is 0 Å². The largest absolute Gasteiger partial charge is 0.487 e. The number of rotatable bonds is 6. The number of pyridine rings is 1. The third-order valence-electron chi connectivity index (χ3n) is 3.97. The Morgan fingerprint density at radius 2 is 1.59 bits per heavy atom. The summed E-state index contributed by atoms with van der Waals surface area (Å²) in [5.41, 5.74) is 1.73. The number of hydrogen-bond donors (Lipinski definition) is 0. The van der Waals surface area contributed by atoms with Gasteiger partial charge in [0.1, 0.15) is 29.6 Å². The summed E-state index contributed by atoms with van der Waals surface area (Å²) in [5, 5.41) is 0. The molecule has 0 N–H and O–H groups in total. The number of benzene rings is 2. The molecule has 2 heterocycles. The number of nitrogens with zero attached hydrogens (tertiary/aromatic N) is 2. The minimum absolute atomic E-state index is 0.336. The first-order valence-corrected chi connectivity index (χ1v) is 8.61. The average molecular weight is 358 g/mol. The number of aryl methyl sites for hydroxylation is 1. The minimum atomic E-state index is 0.336. The molecule has 0 aliphatic carbocycles. The second kappa shape index (κ2) is 7.74. The van der Waals surface area contributed by atoms with Crippen molar-refractivity contribution >= 4 is 0 Å². The van der Waals surface area contributed by atoms with Gasteiger partial charge in [-0.3, -0.25) is 0 Å². The number of ether oxygens (including phenoxy) is 2. The zero-order valence-corrected chi connectivity index (χ0v) is 14.8. The first-order chi connectivity index (χ1) is 13.3. The van der Waals surface area contributed by atoms with Gasteiger partial charge in [-0.25, -0.2) is 9.97 Å². The third-order valence-corrected chi connectivity index (χ3v) is 3.97. The van der Waals surface area contributed by atoms with Crippen molar-refractivity contribution in [2.45, 2.75) is 13.5 Å². The van der Waals surface area contributed by atoms with Crippen LogP contribution in [0.25, 0.3) is 11.5 Å².